The second-order valence-corrected chi connectivity index (χ2v) is 4.86. The molecule has 0 spiro atoms. The van der Waals surface area contributed by atoms with E-state index in [0.717, 1.165) is 11.3 Å². The summed E-state index contributed by atoms with van der Waals surface area (Å²) < 4.78 is 19.5. The molecule has 2 rings (SSSR count). The Morgan fingerprint density at radius 1 is 1.10 bits per heavy atom. The number of para-hydroxylation sites is 1. The van der Waals surface area contributed by atoms with E-state index >= 15 is 0 Å². The Kier molecular flexibility index (Phi) is 5.13. The van der Waals surface area contributed by atoms with Crippen LogP contribution in [0.25, 0.3) is 0 Å². The van der Waals surface area contributed by atoms with E-state index in [1.165, 1.54) is 6.07 Å². The van der Waals surface area contributed by atoms with Gasteiger partial charge in [0, 0.05) is 5.92 Å². The molecule has 1 atom stereocenters. The van der Waals surface area contributed by atoms with Crippen molar-refractivity contribution in [3.8, 4) is 5.75 Å². The van der Waals surface area contributed by atoms with E-state index in [2.05, 4.69) is 0 Å². The van der Waals surface area contributed by atoms with Crippen molar-refractivity contribution in [2.45, 2.75) is 19.3 Å². The summed E-state index contributed by atoms with van der Waals surface area (Å²) >= 11 is 0. The third-order valence-corrected chi connectivity index (χ3v) is 3.45. The topological polar surface area (TPSA) is 35.2 Å². The maximum Gasteiger partial charge on any atom is 0.126 e. The molecule has 0 heterocycles. The van der Waals surface area contributed by atoms with Crippen molar-refractivity contribution in [3.05, 3.63) is 65.5 Å². The van der Waals surface area contributed by atoms with Crippen molar-refractivity contribution in [3.63, 3.8) is 0 Å². The molecule has 0 aromatic heterocycles. The Morgan fingerprint density at radius 2 is 1.80 bits per heavy atom. The molecule has 106 valence electrons. The van der Waals surface area contributed by atoms with Crippen molar-refractivity contribution < 1.29 is 9.13 Å². The Hall–Kier alpha value is -1.87. The first-order valence-electron chi connectivity index (χ1n) is 6.85. The number of benzene rings is 2. The highest BCUT2D eigenvalue weighted by Crippen LogP contribution is 2.23. The molecular weight excluding hydrogens is 253 g/mol. The van der Waals surface area contributed by atoms with Gasteiger partial charge in [-0.25, -0.2) is 4.39 Å². The van der Waals surface area contributed by atoms with E-state index in [0.29, 0.717) is 25.1 Å². The summed E-state index contributed by atoms with van der Waals surface area (Å²) in [6.07, 6.45) is 0.700. The molecular formula is C17H20FNO. The predicted molar refractivity (Wildman–Crippen MR) is 79.5 cm³/mol. The van der Waals surface area contributed by atoms with Gasteiger partial charge in [-0.1, -0.05) is 36.4 Å². The SMILES string of the molecule is Cc1ccccc1OCCC(CN)c1ccccc1F. The Labute approximate surface area is 119 Å². The Balaban J connectivity index is 1.95. The zero-order valence-corrected chi connectivity index (χ0v) is 11.7. The normalized spacial score (nSPS) is 12.2. The van der Waals surface area contributed by atoms with Gasteiger partial charge in [-0.05, 0) is 43.1 Å². The second-order valence-electron chi connectivity index (χ2n) is 4.86. The molecule has 2 N–H and O–H groups in total. The summed E-state index contributed by atoms with van der Waals surface area (Å²) in [5, 5.41) is 0. The number of nitrogens with two attached hydrogens (primary N) is 1. The fourth-order valence-electron chi connectivity index (χ4n) is 2.24. The largest absolute Gasteiger partial charge is 0.493 e. The molecule has 2 aromatic carbocycles. The highest BCUT2D eigenvalue weighted by molar-refractivity contribution is 5.31. The first-order chi connectivity index (χ1) is 9.72. The van der Waals surface area contributed by atoms with Crippen LogP contribution in [0.2, 0.25) is 0 Å². The minimum atomic E-state index is -0.196. The molecule has 1 unspecified atom stereocenters. The average Bonchev–Trinajstić information content (AvgIpc) is 2.46. The molecule has 20 heavy (non-hydrogen) atoms. The van der Waals surface area contributed by atoms with Crippen molar-refractivity contribution in [1.29, 1.82) is 0 Å². The quantitative estimate of drug-likeness (QED) is 0.872. The van der Waals surface area contributed by atoms with Crippen LogP contribution in [0.3, 0.4) is 0 Å². The van der Waals surface area contributed by atoms with Crippen LogP contribution in [0.5, 0.6) is 5.75 Å². The van der Waals surface area contributed by atoms with Crippen molar-refractivity contribution in [1.82, 2.24) is 0 Å². The molecule has 0 saturated carbocycles. The predicted octanol–water partition coefficient (Wildman–Crippen LogP) is 3.65. The molecule has 0 aliphatic heterocycles. The van der Waals surface area contributed by atoms with Gasteiger partial charge in [0.1, 0.15) is 11.6 Å². The highest BCUT2D eigenvalue weighted by Gasteiger charge is 2.14. The van der Waals surface area contributed by atoms with E-state index in [1.54, 1.807) is 12.1 Å². The zero-order chi connectivity index (χ0) is 14.4. The van der Waals surface area contributed by atoms with Gasteiger partial charge < -0.3 is 10.5 Å². The summed E-state index contributed by atoms with van der Waals surface area (Å²) in [6, 6.07) is 14.7. The molecule has 2 aromatic rings. The number of aryl methyl sites for hydroxylation is 1. The van der Waals surface area contributed by atoms with Gasteiger partial charge in [0.15, 0.2) is 0 Å². The van der Waals surface area contributed by atoms with Crippen LogP contribution in [-0.4, -0.2) is 13.2 Å². The molecule has 0 aliphatic carbocycles. The van der Waals surface area contributed by atoms with Gasteiger partial charge in [-0.2, -0.15) is 0 Å². The number of rotatable bonds is 6. The van der Waals surface area contributed by atoms with Crippen LogP contribution in [0.4, 0.5) is 4.39 Å². The minimum absolute atomic E-state index is 0.0137. The standard InChI is InChI=1S/C17H20FNO/c1-13-6-2-5-9-17(13)20-11-10-14(12-19)15-7-3-4-8-16(15)18/h2-9,14H,10-12,19H2,1H3. The van der Waals surface area contributed by atoms with Crippen LogP contribution in [0.1, 0.15) is 23.5 Å². The van der Waals surface area contributed by atoms with E-state index < -0.39 is 0 Å². The van der Waals surface area contributed by atoms with E-state index in [-0.39, 0.29) is 11.7 Å². The molecule has 0 bridgehead atoms. The van der Waals surface area contributed by atoms with Crippen molar-refractivity contribution in [2.75, 3.05) is 13.2 Å². The lowest BCUT2D eigenvalue weighted by Crippen LogP contribution is -2.17. The number of ether oxygens (including phenoxy) is 1. The Bertz CT molecular complexity index is 556. The van der Waals surface area contributed by atoms with Crippen LogP contribution in [-0.2, 0) is 0 Å². The summed E-state index contributed by atoms with van der Waals surface area (Å²) in [5.74, 6) is 0.663. The van der Waals surface area contributed by atoms with Gasteiger partial charge in [0.05, 0.1) is 6.61 Å². The molecule has 0 saturated heterocycles. The zero-order valence-electron chi connectivity index (χ0n) is 11.7. The summed E-state index contributed by atoms with van der Waals surface area (Å²) in [7, 11) is 0. The fraction of sp³-hybridized carbons (Fsp3) is 0.294. The first-order valence-corrected chi connectivity index (χ1v) is 6.85. The van der Waals surface area contributed by atoms with Crippen LogP contribution in [0.15, 0.2) is 48.5 Å². The summed E-state index contributed by atoms with van der Waals surface area (Å²) in [4.78, 5) is 0. The lowest BCUT2D eigenvalue weighted by molar-refractivity contribution is 0.295. The minimum Gasteiger partial charge on any atom is -0.493 e. The number of halogens is 1. The van der Waals surface area contributed by atoms with Gasteiger partial charge in [0.2, 0.25) is 0 Å². The fourth-order valence-corrected chi connectivity index (χ4v) is 2.24. The molecule has 2 nitrogen and oxygen atoms in total. The monoisotopic (exact) mass is 273 g/mol. The maximum atomic E-state index is 13.7. The Morgan fingerprint density at radius 3 is 2.50 bits per heavy atom. The van der Waals surface area contributed by atoms with E-state index in [1.807, 2.05) is 37.3 Å². The van der Waals surface area contributed by atoms with Crippen LogP contribution in [0, 0.1) is 12.7 Å². The summed E-state index contributed by atoms with van der Waals surface area (Å²) in [5.41, 5.74) is 7.53. The average molecular weight is 273 g/mol. The van der Waals surface area contributed by atoms with Crippen LogP contribution >= 0.6 is 0 Å². The molecule has 0 fully saturated rings. The molecule has 3 heteroatoms. The lowest BCUT2D eigenvalue weighted by Gasteiger charge is -2.17. The maximum absolute atomic E-state index is 13.7. The van der Waals surface area contributed by atoms with Gasteiger partial charge in [-0.15, -0.1) is 0 Å². The lowest BCUT2D eigenvalue weighted by atomic mass is 9.96. The van der Waals surface area contributed by atoms with Crippen molar-refractivity contribution >= 4 is 0 Å². The van der Waals surface area contributed by atoms with Gasteiger partial charge in [0.25, 0.3) is 0 Å². The van der Waals surface area contributed by atoms with Gasteiger partial charge >= 0.3 is 0 Å². The summed E-state index contributed by atoms with van der Waals surface area (Å²) in [6.45, 7) is 2.95. The molecule has 0 radical (unpaired) electrons. The van der Waals surface area contributed by atoms with E-state index in [4.69, 9.17) is 10.5 Å². The second kappa shape index (κ2) is 7.06. The van der Waals surface area contributed by atoms with Crippen molar-refractivity contribution in [2.24, 2.45) is 5.73 Å². The van der Waals surface area contributed by atoms with E-state index in [9.17, 15) is 4.39 Å². The van der Waals surface area contributed by atoms with Gasteiger partial charge in [-0.3, -0.25) is 0 Å². The number of hydrogen-bond acceptors (Lipinski definition) is 2. The third-order valence-electron chi connectivity index (χ3n) is 3.45. The molecule has 0 aliphatic rings. The highest BCUT2D eigenvalue weighted by atomic mass is 19.1. The number of hydrogen-bond donors (Lipinski definition) is 1. The first kappa shape index (κ1) is 14.5. The molecule has 0 amide bonds. The smallest absolute Gasteiger partial charge is 0.126 e. The van der Waals surface area contributed by atoms with Crippen LogP contribution < -0.4 is 10.5 Å². The third kappa shape index (κ3) is 3.58.